The van der Waals surface area contributed by atoms with Gasteiger partial charge in [-0.1, -0.05) is 60.2 Å². The molecule has 162 valence electrons. The average Bonchev–Trinajstić information content (AvgIpc) is 2.77. The van der Waals surface area contributed by atoms with E-state index in [-0.39, 0.29) is 11.6 Å². The van der Waals surface area contributed by atoms with Gasteiger partial charge in [0.2, 0.25) is 0 Å². The number of nitrogens with one attached hydrogen (secondary N) is 2. The summed E-state index contributed by atoms with van der Waals surface area (Å²) in [5, 5.41) is 7.53. The smallest absolute Gasteiger partial charge is 0.193 e. The molecule has 0 spiro atoms. The van der Waals surface area contributed by atoms with Crippen LogP contribution in [0.15, 0.2) is 59.6 Å². The van der Waals surface area contributed by atoms with Gasteiger partial charge in [0.1, 0.15) is 0 Å². The predicted molar refractivity (Wildman–Crippen MR) is 125 cm³/mol. The Hall–Kier alpha value is -2.37. The number of guanidine groups is 1. The third-order valence-corrected chi connectivity index (χ3v) is 5.97. The Labute approximate surface area is 181 Å². The summed E-state index contributed by atoms with van der Waals surface area (Å²) in [5.74, 6) is 0.913. The maximum Gasteiger partial charge on any atom is 0.193 e. The lowest BCUT2D eigenvalue weighted by Crippen LogP contribution is -2.58. The molecule has 2 N–H and O–H groups in total. The molecule has 0 bridgehead atoms. The zero-order chi connectivity index (χ0) is 21.4. The average molecular weight is 409 g/mol. The van der Waals surface area contributed by atoms with Crippen LogP contribution in [0.2, 0.25) is 0 Å². The first-order valence-corrected chi connectivity index (χ1v) is 10.9. The zero-order valence-electron chi connectivity index (χ0n) is 18.8. The fourth-order valence-corrected chi connectivity index (χ4v) is 4.09. The van der Waals surface area contributed by atoms with Gasteiger partial charge in [-0.2, -0.15) is 0 Å². The molecule has 0 radical (unpaired) electrons. The Morgan fingerprint density at radius 3 is 2.40 bits per heavy atom. The highest BCUT2D eigenvalue weighted by atomic mass is 16.5. The fourth-order valence-electron chi connectivity index (χ4n) is 4.09. The van der Waals surface area contributed by atoms with E-state index in [2.05, 4.69) is 96.0 Å². The summed E-state index contributed by atoms with van der Waals surface area (Å²) in [6.07, 6.45) is 1.96. The summed E-state index contributed by atoms with van der Waals surface area (Å²) < 4.78 is 5.67. The van der Waals surface area contributed by atoms with Crippen LogP contribution in [0.25, 0.3) is 0 Å². The summed E-state index contributed by atoms with van der Waals surface area (Å²) >= 11 is 0. The van der Waals surface area contributed by atoms with Crippen molar-refractivity contribution in [2.45, 2.75) is 44.8 Å². The minimum atomic E-state index is -0.0197. The summed E-state index contributed by atoms with van der Waals surface area (Å²) in [5.41, 5.74) is 3.85. The molecule has 1 atom stereocenters. The molecule has 30 heavy (non-hydrogen) atoms. The van der Waals surface area contributed by atoms with E-state index in [4.69, 9.17) is 4.74 Å². The second-order valence-electron chi connectivity index (χ2n) is 8.41. The third kappa shape index (κ3) is 6.07. The van der Waals surface area contributed by atoms with Gasteiger partial charge >= 0.3 is 0 Å². The molecule has 0 amide bonds. The molecule has 0 aliphatic carbocycles. The Morgan fingerprint density at radius 2 is 1.77 bits per heavy atom. The molecule has 2 aromatic rings. The number of nitrogens with zero attached hydrogens (tertiary/aromatic N) is 2. The van der Waals surface area contributed by atoms with Crippen LogP contribution in [-0.2, 0) is 11.3 Å². The van der Waals surface area contributed by atoms with E-state index >= 15 is 0 Å². The molecule has 0 saturated carbocycles. The normalized spacial score (nSPS) is 17.4. The SMILES string of the molecule is CN=C(NCC1(NC(C)c2ccccc2)CCOCC1)N(C)Cc1ccc(C)cc1. The number of hydrogen-bond donors (Lipinski definition) is 2. The van der Waals surface area contributed by atoms with Crippen LogP contribution in [0, 0.1) is 6.92 Å². The van der Waals surface area contributed by atoms with E-state index in [0.29, 0.717) is 0 Å². The van der Waals surface area contributed by atoms with Gasteiger partial charge in [0.05, 0.1) is 0 Å². The van der Waals surface area contributed by atoms with Gasteiger partial charge in [-0.25, -0.2) is 0 Å². The standard InChI is InChI=1S/C25H36N4O/c1-20-10-12-22(13-11-20)18-29(4)24(26-3)27-19-25(14-16-30-17-15-25)28-21(2)23-8-6-5-7-9-23/h5-13,21,28H,14-19H2,1-4H3,(H,26,27). The van der Waals surface area contributed by atoms with Gasteiger partial charge in [0, 0.05) is 52.0 Å². The molecule has 5 nitrogen and oxygen atoms in total. The first-order valence-electron chi connectivity index (χ1n) is 10.9. The quantitative estimate of drug-likeness (QED) is 0.539. The summed E-state index contributed by atoms with van der Waals surface area (Å²) in [7, 11) is 3.94. The van der Waals surface area contributed by atoms with Crippen molar-refractivity contribution in [3.05, 3.63) is 71.3 Å². The molecule has 1 heterocycles. The second kappa shape index (κ2) is 10.6. The summed E-state index contributed by atoms with van der Waals surface area (Å²) in [6, 6.07) is 19.6. The number of aliphatic imine (C=N–C) groups is 1. The van der Waals surface area contributed by atoms with E-state index in [1.165, 1.54) is 16.7 Å². The maximum atomic E-state index is 5.67. The molecule has 3 rings (SSSR count). The molecule has 5 heteroatoms. The lowest BCUT2D eigenvalue weighted by molar-refractivity contribution is 0.0353. The van der Waals surface area contributed by atoms with Crippen molar-refractivity contribution in [1.82, 2.24) is 15.5 Å². The highest BCUT2D eigenvalue weighted by Gasteiger charge is 2.34. The van der Waals surface area contributed by atoms with E-state index in [0.717, 1.165) is 45.1 Å². The topological polar surface area (TPSA) is 48.9 Å². The van der Waals surface area contributed by atoms with Crippen LogP contribution in [0.1, 0.15) is 42.5 Å². The molecule has 1 saturated heterocycles. The predicted octanol–water partition coefficient (Wildman–Crippen LogP) is 3.90. The molecule has 0 aromatic heterocycles. The van der Waals surface area contributed by atoms with Crippen LogP contribution in [0.3, 0.4) is 0 Å². The van der Waals surface area contributed by atoms with Crippen LogP contribution >= 0.6 is 0 Å². The Bertz CT molecular complexity index is 798. The Kier molecular flexibility index (Phi) is 7.88. The van der Waals surface area contributed by atoms with Crippen molar-refractivity contribution in [1.29, 1.82) is 0 Å². The largest absolute Gasteiger partial charge is 0.381 e. The number of ether oxygens (including phenoxy) is 1. The van der Waals surface area contributed by atoms with E-state index in [1.807, 2.05) is 7.05 Å². The molecule has 1 aliphatic rings. The van der Waals surface area contributed by atoms with Gasteiger partial charge in [-0.15, -0.1) is 0 Å². The fraction of sp³-hybridized carbons (Fsp3) is 0.480. The minimum absolute atomic E-state index is 0.0197. The van der Waals surface area contributed by atoms with Gasteiger partial charge < -0.3 is 20.3 Å². The van der Waals surface area contributed by atoms with Crippen LogP contribution in [0.5, 0.6) is 0 Å². The van der Waals surface area contributed by atoms with E-state index < -0.39 is 0 Å². The Balaban J connectivity index is 1.64. The number of hydrogen-bond acceptors (Lipinski definition) is 3. The molecule has 2 aromatic carbocycles. The molecular weight excluding hydrogens is 372 g/mol. The van der Waals surface area contributed by atoms with Gasteiger partial charge in [0.15, 0.2) is 5.96 Å². The lowest BCUT2D eigenvalue weighted by Gasteiger charge is -2.41. The van der Waals surface area contributed by atoms with Crippen molar-refractivity contribution in [3.8, 4) is 0 Å². The molecular formula is C25H36N4O. The van der Waals surface area contributed by atoms with Crippen molar-refractivity contribution < 1.29 is 4.74 Å². The summed E-state index contributed by atoms with van der Waals surface area (Å²) in [4.78, 5) is 6.71. The first-order chi connectivity index (χ1) is 14.5. The van der Waals surface area contributed by atoms with Gasteiger partial charge in [-0.05, 0) is 37.8 Å². The van der Waals surface area contributed by atoms with Crippen LogP contribution < -0.4 is 10.6 Å². The van der Waals surface area contributed by atoms with Gasteiger partial charge in [-0.3, -0.25) is 4.99 Å². The third-order valence-electron chi connectivity index (χ3n) is 5.97. The zero-order valence-corrected chi connectivity index (χ0v) is 18.8. The van der Waals surface area contributed by atoms with Gasteiger partial charge in [0.25, 0.3) is 0 Å². The van der Waals surface area contributed by atoms with E-state index in [1.54, 1.807) is 0 Å². The number of rotatable bonds is 7. The van der Waals surface area contributed by atoms with Crippen molar-refractivity contribution in [2.75, 3.05) is 33.9 Å². The number of aryl methyl sites for hydroxylation is 1. The number of benzene rings is 2. The van der Waals surface area contributed by atoms with Crippen molar-refractivity contribution >= 4 is 5.96 Å². The highest BCUT2D eigenvalue weighted by molar-refractivity contribution is 5.79. The maximum absolute atomic E-state index is 5.67. The highest BCUT2D eigenvalue weighted by Crippen LogP contribution is 2.25. The monoisotopic (exact) mass is 408 g/mol. The molecule has 1 fully saturated rings. The molecule has 1 aliphatic heterocycles. The lowest BCUT2D eigenvalue weighted by atomic mass is 9.88. The summed E-state index contributed by atoms with van der Waals surface area (Å²) in [6.45, 7) is 7.57. The van der Waals surface area contributed by atoms with Crippen molar-refractivity contribution in [2.24, 2.45) is 4.99 Å². The van der Waals surface area contributed by atoms with Crippen molar-refractivity contribution in [3.63, 3.8) is 0 Å². The Morgan fingerprint density at radius 1 is 1.10 bits per heavy atom. The minimum Gasteiger partial charge on any atom is -0.381 e. The van der Waals surface area contributed by atoms with E-state index in [9.17, 15) is 0 Å². The molecule has 1 unspecified atom stereocenters. The first kappa shape index (κ1) is 22.3. The van der Waals surface area contributed by atoms with Crippen LogP contribution in [0.4, 0.5) is 0 Å². The van der Waals surface area contributed by atoms with Crippen LogP contribution in [-0.4, -0.2) is 50.3 Å². The second-order valence-corrected chi connectivity index (χ2v) is 8.41.